The van der Waals surface area contributed by atoms with Crippen molar-refractivity contribution in [2.45, 2.75) is 42.3 Å². The molecule has 18 heteroatoms. The molecule has 0 aromatic carbocycles. The van der Waals surface area contributed by atoms with E-state index in [1.54, 1.807) is 16.8 Å². The van der Waals surface area contributed by atoms with E-state index in [4.69, 9.17) is 10.5 Å². The molecule has 1 heterocycles. The van der Waals surface area contributed by atoms with Crippen LogP contribution < -0.4 is 11.1 Å². The number of nitrogens with two attached hydrogens (primary N) is 1. The Balaban J connectivity index is 3.22. The highest BCUT2D eigenvalue weighted by atomic mass is 32.3. The van der Waals surface area contributed by atoms with Crippen molar-refractivity contribution in [2.75, 3.05) is 30.6 Å². The van der Waals surface area contributed by atoms with E-state index in [0.29, 0.717) is 5.56 Å². The third-order valence-corrected chi connectivity index (χ3v) is 10.8. The number of ether oxygens (including phenoxy) is 1. The Kier molecular flexibility index (Phi) is 13.0. The second-order valence-electron chi connectivity index (χ2n) is 8.57. The molecule has 214 valence electrons. The van der Waals surface area contributed by atoms with Crippen LogP contribution in [0.4, 0.5) is 0 Å². The van der Waals surface area contributed by atoms with Gasteiger partial charge < -0.3 is 24.9 Å². The summed E-state index contributed by atoms with van der Waals surface area (Å²) in [6.45, 7) is 0.809. The van der Waals surface area contributed by atoms with E-state index in [0.717, 1.165) is 12.5 Å². The molecule has 1 amide bonds. The number of esters is 1. The van der Waals surface area contributed by atoms with E-state index in [2.05, 4.69) is 5.32 Å². The molecule has 0 bridgehead atoms. The van der Waals surface area contributed by atoms with Crippen molar-refractivity contribution in [3.05, 3.63) is 22.4 Å². The molecule has 5 atom stereocenters. The molecule has 0 spiro atoms. The van der Waals surface area contributed by atoms with Crippen molar-refractivity contribution in [2.24, 2.45) is 11.7 Å². The lowest BCUT2D eigenvalue weighted by atomic mass is 9.91. The number of carbonyl (C=O) groups is 2. The number of sulfone groups is 2. The molecule has 1 aromatic rings. The quantitative estimate of drug-likeness (QED) is 0.160. The second kappa shape index (κ2) is 14.2. The first-order valence-electron chi connectivity index (χ1n) is 10.7. The van der Waals surface area contributed by atoms with Gasteiger partial charge in [-0.25, -0.2) is 21.6 Å². The van der Waals surface area contributed by atoms with Crippen LogP contribution >= 0.6 is 11.3 Å². The summed E-state index contributed by atoms with van der Waals surface area (Å²) < 4.78 is 96.6. The van der Waals surface area contributed by atoms with Gasteiger partial charge in [0.15, 0.2) is 9.84 Å². The highest BCUT2D eigenvalue weighted by Gasteiger charge is 2.44. The monoisotopic (exact) mass is 622 g/mol. The van der Waals surface area contributed by atoms with E-state index >= 15 is 0 Å². The predicted molar refractivity (Wildman–Crippen MR) is 137 cm³/mol. The van der Waals surface area contributed by atoms with Gasteiger partial charge in [-0.05, 0) is 70.7 Å². The van der Waals surface area contributed by atoms with E-state index in [1.165, 1.54) is 18.3 Å². The Hall–Kier alpha value is -1.28. The minimum atomic E-state index is -3.61. The molecule has 13 nitrogen and oxygen atoms in total. The number of amides is 1. The lowest BCUT2D eigenvalue weighted by molar-refractivity contribution is -0.147. The molecule has 0 aliphatic heterocycles. The van der Waals surface area contributed by atoms with Crippen LogP contribution in [0.3, 0.4) is 0 Å². The number of carbonyl (C=O) groups excluding carboxylic acids is 2. The lowest BCUT2D eigenvalue weighted by Gasteiger charge is -2.43. The molecule has 0 fully saturated rings. The van der Waals surface area contributed by atoms with Gasteiger partial charge in [-0.3, -0.25) is 13.2 Å². The highest BCUT2D eigenvalue weighted by Crippen LogP contribution is 2.33. The fourth-order valence-electron chi connectivity index (χ4n) is 3.25. The van der Waals surface area contributed by atoms with Crippen LogP contribution in [-0.4, -0.2) is 93.0 Å². The minimum absolute atomic E-state index is 0.111. The van der Waals surface area contributed by atoms with Gasteiger partial charge in [0.1, 0.15) is 26.6 Å². The summed E-state index contributed by atoms with van der Waals surface area (Å²) in [5.74, 6) is -4.17. The zero-order valence-corrected chi connectivity index (χ0v) is 24.4. The molecule has 1 rings (SSSR count). The van der Waals surface area contributed by atoms with Gasteiger partial charge in [-0.2, -0.15) is 11.3 Å². The van der Waals surface area contributed by atoms with E-state index in [9.17, 15) is 43.9 Å². The summed E-state index contributed by atoms with van der Waals surface area (Å²) in [6, 6.07) is -1.32. The average Bonchev–Trinajstić information content (AvgIpc) is 3.25. The number of rotatable bonds is 16. The van der Waals surface area contributed by atoms with Crippen molar-refractivity contribution in [3.63, 3.8) is 0 Å². The molecule has 37 heavy (non-hydrogen) atoms. The van der Waals surface area contributed by atoms with Gasteiger partial charge in [0.25, 0.3) is 0 Å². The Labute approximate surface area is 225 Å². The number of nitrogens with one attached hydrogen (secondary N) is 1. The summed E-state index contributed by atoms with van der Waals surface area (Å²) in [7, 11) is -7.01. The van der Waals surface area contributed by atoms with Gasteiger partial charge in [-0.15, -0.1) is 0 Å². The van der Waals surface area contributed by atoms with Gasteiger partial charge in [0, 0.05) is 24.5 Å². The largest absolute Gasteiger partial charge is 0.771 e. The van der Waals surface area contributed by atoms with Crippen LogP contribution in [0.5, 0.6) is 0 Å². The molecule has 1 aromatic heterocycles. The molecule has 3 N–H and O–H groups in total. The maximum absolute atomic E-state index is 13.1. The minimum Gasteiger partial charge on any atom is -0.771 e. The van der Waals surface area contributed by atoms with Crippen LogP contribution in [0, 0.1) is 5.92 Å². The fraction of sp³-hybridized carbons (Fsp3) is 0.684. The fourth-order valence-corrected chi connectivity index (χ4v) is 6.85. The first kappa shape index (κ1) is 33.7. The summed E-state index contributed by atoms with van der Waals surface area (Å²) >= 11 is -5.48. The zero-order valence-electron chi connectivity index (χ0n) is 20.3. The molecular weight excluding hydrogens is 593 g/mol. The van der Waals surface area contributed by atoms with E-state index in [-0.39, 0.29) is 6.42 Å². The van der Waals surface area contributed by atoms with Crippen LogP contribution in [0.15, 0.2) is 16.8 Å². The van der Waals surface area contributed by atoms with Crippen LogP contribution in [0.1, 0.15) is 25.3 Å². The Morgan fingerprint density at radius 1 is 1.14 bits per heavy atom. The van der Waals surface area contributed by atoms with Crippen LogP contribution in [-0.2, 0) is 62.6 Å². The van der Waals surface area contributed by atoms with Gasteiger partial charge in [0.2, 0.25) is 5.91 Å². The normalized spacial score (nSPS) is 18.1. The van der Waals surface area contributed by atoms with Crippen molar-refractivity contribution >= 4 is 65.0 Å². The molecular formula is C19H30N2O11S5-2. The lowest BCUT2D eigenvalue weighted by Crippen LogP contribution is -2.57. The average molecular weight is 623 g/mol. The predicted octanol–water partition coefficient (Wildman–Crippen LogP) is -1.39. The van der Waals surface area contributed by atoms with E-state index in [1.807, 2.05) is 0 Å². The third-order valence-electron chi connectivity index (χ3n) is 5.30. The summed E-state index contributed by atoms with van der Waals surface area (Å²) in [4.78, 5) is 25.3. The van der Waals surface area contributed by atoms with Crippen molar-refractivity contribution in [1.82, 2.24) is 5.32 Å². The summed E-state index contributed by atoms with van der Waals surface area (Å²) in [6.07, 6.45) is 0.402. The second-order valence-corrected chi connectivity index (χ2v) is 16.5. The highest BCUT2D eigenvalue weighted by molar-refractivity contribution is 7.99. The van der Waals surface area contributed by atoms with Gasteiger partial charge >= 0.3 is 5.97 Å². The Morgan fingerprint density at radius 3 is 2.16 bits per heavy atom. The Bertz CT molecular complexity index is 1170. The molecule has 0 radical (unpaired) electrons. The molecule has 0 aliphatic rings. The summed E-state index contributed by atoms with van der Waals surface area (Å²) in [5, 5.41) is 5.69. The molecule has 5 unspecified atom stereocenters. The first-order chi connectivity index (χ1) is 16.9. The zero-order chi connectivity index (χ0) is 28.6. The van der Waals surface area contributed by atoms with Crippen molar-refractivity contribution in [1.29, 1.82) is 0 Å². The number of thiophene rings is 1. The van der Waals surface area contributed by atoms with Gasteiger partial charge in [-0.1, -0.05) is 0 Å². The Morgan fingerprint density at radius 2 is 1.70 bits per heavy atom. The number of hydrogen-bond acceptors (Lipinski definition) is 13. The first-order valence-corrected chi connectivity index (χ1v) is 17.9. The molecule has 0 aliphatic carbocycles. The van der Waals surface area contributed by atoms with Gasteiger partial charge in [0.05, 0.1) is 11.5 Å². The standard InChI is InChI=1S/C19H32N2O11S5/c1-13(18(23)32-6-9-37(3,30)31)21-17(22)15(10-14-4-7-33-12-14)11-19(34(24)25,35(26)27)16(20)5-8-36(2,28)29/h4,7,12-13,15-16H,5-6,8-11,20H2,1-3H3,(H,21,22)(H,24,25)(H,26,27)/p-2. The van der Waals surface area contributed by atoms with Crippen molar-refractivity contribution < 1.29 is 48.7 Å². The smallest absolute Gasteiger partial charge is 0.328 e. The molecule has 0 saturated carbocycles. The van der Waals surface area contributed by atoms with E-state index < -0.39 is 107 Å². The summed E-state index contributed by atoms with van der Waals surface area (Å²) in [5.41, 5.74) is 6.50. The SMILES string of the molecule is CC(NC(=O)C(Cc1ccsc1)CC(C(N)CCS(C)(=O)=O)(S(=O)[O-])S(=O)[O-])C(=O)OCCS(C)(=O)=O. The topological polar surface area (TPSA) is 230 Å². The van der Waals surface area contributed by atoms with Crippen molar-refractivity contribution in [3.8, 4) is 0 Å². The number of hydrogen-bond donors (Lipinski definition) is 2. The maximum atomic E-state index is 13.1. The maximum Gasteiger partial charge on any atom is 0.328 e. The molecule has 0 saturated heterocycles. The van der Waals surface area contributed by atoms with Crippen LogP contribution in [0.25, 0.3) is 0 Å². The third kappa shape index (κ3) is 11.2. The van der Waals surface area contributed by atoms with Crippen LogP contribution in [0.2, 0.25) is 0 Å².